The summed E-state index contributed by atoms with van der Waals surface area (Å²) < 4.78 is 5.63. The van der Waals surface area contributed by atoms with Crippen molar-refractivity contribution in [3.8, 4) is 5.75 Å². The lowest BCUT2D eigenvalue weighted by Gasteiger charge is -2.17. The van der Waals surface area contributed by atoms with Gasteiger partial charge in [-0.25, -0.2) is 0 Å². The molecule has 2 amide bonds. The molecule has 5 heteroatoms. The molecule has 0 aromatic heterocycles. The molecule has 1 aliphatic rings. The van der Waals surface area contributed by atoms with Gasteiger partial charge < -0.3 is 15.0 Å². The number of rotatable bonds is 5. The minimum atomic E-state index is -0.206. The number of nitrogens with one attached hydrogen (secondary N) is 1. The molecule has 1 fully saturated rings. The molecular weight excluding hydrogens is 328 g/mol. The molecule has 1 N–H and O–H groups in total. The number of nitrogens with zero attached hydrogens (tertiary/aromatic N) is 1. The minimum Gasteiger partial charge on any atom is -0.484 e. The van der Waals surface area contributed by atoms with Crippen molar-refractivity contribution in [2.24, 2.45) is 0 Å². The van der Waals surface area contributed by atoms with E-state index in [0.717, 1.165) is 35.5 Å². The van der Waals surface area contributed by atoms with Gasteiger partial charge in [0.2, 0.25) is 5.91 Å². The highest BCUT2D eigenvalue weighted by molar-refractivity contribution is 5.95. The first-order chi connectivity index (χ1) is 12.4. The fourth-order valence-electron chi connectivity index (χ4n) is 3.36. The zero-order valence-corrected chi connectivity index (χ0v) is 15.5. The molecule has 0 saturated carbocycles. The number of carbonyl (C=O) groups is 2. The Balaban J connectivity index is 1.62. The van der Waals surface area contributed by atoms with Crippen LogP contribution in [-0.2, 0) is 9.59 Å². The van der Waals surface area contributed by atoms with E-state index in [0.29, 0.717) is 12.2 Å². The van der Waals surface area contributed by atoms with E-state index in [1.165, 1.54) is 5.56 Å². The molecule has 3 rings (SSSR count). The van der Waals surface area contributed by atoms with E-state index < -0.39 is 0 Å². The normalized spacial score (nSPS) is 13.8. The first-order valence-electron chi connectivity index (χ1n) is 8.85. The second-order valence-corrected chi connectivity index (χ2v) is 6.76. The SMILES string of the molecule is Cc1cc(C)c(NC(=O)COc2cccc(N3CCCC3=O)c2)c(C)c1. The number of hydrogen-bond donors (Lipinski definition) is 1. The van der Waals surface area contributed by atoms with Gasteiger partial charge in [0, 0.05) is 30.4 Å². The van der Waals surface area contributed by atoms with E-state index in [1.807, 2.05) is 45.0 Å². The minimum absolute atomic E-state index is 0.0792. The molecule has 0 radical (unpaired) electrons. The number of aryl methyl sites for hydroxylation is 3. The van der Waals surface area contributed by atoms with Crippen molar-refractivity contribution >= 4 is 23.2 Å². The third kappa shape index (κ3) is 4.04. The van der Waals surface area contributed by atoms with E-state index in [9.17, 15) is 9.59 Å². The van der Waals surface area contributed by atoms with Gasteiger partial charge in [-0.1, -0.05) is 23.8 Å². The van der Waals surface area contributed by atoms with Crippen LogP contribution in [-0.4, -0.2) is 25.0 Å². The van der Waals surface area contributed by atoms with Crippen LogP contribution in [0.3, 0.4) is 0 Å². The Bertz CT molecular complexity index is 822. The summed E-state index contributed by atoms with van der Waals surface area (Å²) in [5.41, 5.74) is 4.88. The molecule has 5 nitrogen and oxygen atoms in total. The van der Waals surface area contributed by atoms with Gasteiger partial charge >= 0.3 is 0 Å². The molecule has 0 atom stereocenters. The van der Waals surface area contributed by atoms with E-state index in [2.05, 4.69) is 5.32 Å². The fraction of sp³-hybridized carbons (Fsp3) is 0.333. The van der Waals surface area contributed by atoms with Crippen molar-refractivity contribution in [3.63, 3.8) is 0 Å². The molecule has 1 heterocycles. The summed E-state index contributed by atoms with van der Waals surface area (Å²) in [6.45, 7) is 6.64. The molecule has 26 heavy (non-hydrogen) atoms. The van der Waals surface area contributed by atoms with E-state index in [-0.39, 0.29) is 18.4 Å². The van der Waals surface area contributed by atoms with Crippen LogP contribution in [0.15, 0.2) is 36.4 Å². The van der Waals surface area contributed by atoms with Gasteiger partial charge in [-0.05, 0) is 50.5 Å². The maximum atomic E-state index is 12.3. The molecule has 1 aliphatic heterocycles. The van der Waals surface area contributed by atoms with Gasteiger partial charge in [0.25, 0.3) is 5.91 Å². The standard InChI is InChI=1S/C21H24N2O3/c1-14-10-15(2)21(16(3)11-14)22-19(24)13-26-18-7-4-6-17(12-18)23-9-5-8-20(23)25/h4,6-7,10-12H,5,8-9,13H2,1-3H3,(H,22,24). The Morgan fingerprint density at radius 2 is 1.88 bits per heavy atom. The molecule has 0 aliphatic carbocycles. The maximum absolute atomic E-state index is 12.3. The van der Waals surface area contributed by atoms with Crippen LogP contribution in [0.1, 0.15) is 29.5 Å². The topological polar surface area (TPSA) is 58.6 Å². The summed E-state index contributed by atoms with van der Waals surface area (Å²) in [6.07, 6.45) is 1.46. The molecule has 1 saturated heterocycles. The number of amides is 2. The zero-order chi connectivity index (χ0) is 18.7. The maximum Gasteiger partial charge on any atom is 0.262 e. The van der Waals surface area contributed by atoms with Gasteiger partial charge in [0.15, 0.2) is 6.61 Å². The van der Waals surface area contributed by atoms with Crippen LogP contribution in [0, 0.1) is 20.8 Å². The summed E-state index contributed by atoms with van der Waals surface area (Å²) >= 11 is 0. The van der Waals surface area contributed by atoms with Gasteiger partial charge in [0.1, 0.15) is 5.75 Å². The predicted molar refractivity (Wildman–Crippen MR) is 103 cm³/mol. The molecule has 2 aromatic carbocycles. The van der Waals surface area contributed by atoms with Crippen molar-refractivity contribution in [1.82, 2.24) is 0 Å². The van der Waals surface area contributed by atoms with Gasteiger partial charge in [-0.2, -0.15) is 0 Å². The highest BCUT2D eigenvalue weighted by Crippen LogP contribution is 2.25. The molecule has 2 aromatic rings. The summed E-state index contributed by atoms with van der Waals surface area (Å²) in [4.78, 5) is 25.9. The average Bonchev–Trinajstić information content (AvgIpc) is 3.02. The Hall–Kier alpha value is -2.82. The summed E-state index contributed by atoms with van der Waals surface area (Å²) in [7, 11) is 0. The average molecular weight is 352 g/mol. The highest BCUT2D eigenvalue weighted by atomic mass is 16.5. The van der Waals surface area contributed by atoms with E-state index in [1.54, 1.807) is 17.0 Å². The fourth-order valence-corrected chi connectivity index (χ4v) is 3.36. The molecule has 0 bridgehead atoms. The van der Waals surface area contributed by atoms with Crippen LogP contribution in [0.5, 0.6) is 5.75 Å². The van der Waals surface area contributed by atoms with Crippen molar-refractivity contribution in [2.45, 2.75) is 33.6 Å². The van der Waals surface area contributed by atoms with Gasteiger partial charge in [-0.15, -0.1) is 0 Å². The Kier molecular flexibility index (Phi) is 5.26. The zero-order valence-electron chi connectivity index (χ0n) is 15.5. The third-order valence-corrected chi connectivity index (χ3v) is 4.51. The van der Waals surface area contributed by atoms with Crippen molar-refractivity contribution in [3.05, 3.63) is 53.1 Å². The van der Waals surface area contributed by atoms with Crippen molar-refractivity contribution < 1.29 is 14.3 Å². The second kappa shape index (κ2) is 7.60. The molecule has 0 spiro atoms. The molecular formula is C21H24N2O3. The number of ether oxygens (including phenoxy) is 1. The van der Waals surface area contributed by atoms with Gasteiger partial charge in [0.05, 0.1) is 0 Å². The Morgan fingerprint density at radius 3 is 2.54 bits per heavy atom. The molecule has 136 valence electrons. The summed E-state index contributed by atoms with van der Waals surface area (Å²) in [5.74, 6) is 0.502. The number of hydrogen-bond acceptors (Lipinski definition) is 3. The summed E-state index contributed by atoms with van der Waals surface area (Å²) in [6, 6.07) is 11.4. The number of benzene rings is 2. The first kappa shape index (κ1) is 18.0. The quantitative estimate of drug-likeness (QED) is 0.891. The molecule has 0 unspecified atom stereocenters. The Morgan fingerprint density at radius 1 is 1.15 bits per heavy atom. The van der Waals surface area contributed by atoms with Crippen molar-refractivity contribution in [2.75, 3.05) is 23.4 Å². The predicted octanol–water partition coefficient (Wildman–Crippen LogP) is 3.76. The van der Waals surface area contributed by atoms with Crippen molar-refractivity contribution in [1.29, 1.82) is 0 Å². The van der Waals surface area contributed by atoms with E-state index in [4.69, 9.17) is 4.74 Å². The first-order valence-corrected chi connectivity index (χ1v) is 8.85. The lowest BCUT2D eigenvalue weighted by Crippen LogP contribution is -2.24. The Labute approximate surface area is 154 Å². The third-order valence-electron chi connectivity index (χ3n) is 4.51. The number of carbonyl (C=O) groups excluding carboxylic acids is 2. The largest absolute Gasteiger partial charge is 0.484 e. The second-order valence-electron chi connectivity index (χ2n) is 6.76. The van der Waals surface area contributed by atoms with Crippen LogP contribution >= 0.6 is 0 Å². The highest BCUT2D eigenvalue weighted by Gasteiger charge is 2.21. The van der Waals surface area contributed by atoms with Crippen LogP contribution in [0.2, 0.25) is 0 Å². The lowest BCUT2D eigenvalue weighted by atomic mass is 10.1. The van der Waals surface area contributed by atoms with Crippen LogP contribution in [0.25, 0.3) is 0 Å². The monoisotopic (exact) mass is 352 g/mol. The smallest absolute Gasteiger partial charge is 0.262 e. The summed E-state index contributed by atoms with van der Waals surface area (Å²) in [5, 5.41) is 2.92. The van der Waals surface area contributed by atoms with Gasteiger partial charge in [-0.3, -0.25) is 9.59 Å². The van der Waals surface area contributed by atoms with Crippen LogP contribution < -0.4 is 15.0 Å². The number of anilines is 2. The van der Waals surface area contributed by atoms with Crippen LogP contribution in [0.4, 0.5) is 11.4 Å². The van der Waals surface area contributed by atoms with E-state index >= 15 is 0 Å². The lowest BCUT2D eigenvalue weighted by molar-refractivity contribution is -0.118.